The van der Waals surface area contributed by atoms with Crippen molar-refractivity contribution in [2.24, 2.45) is 0 Å². The third-order valence-electron chi connectivity index (χ3n) is 4.78. The molecule has 4 nitrogen and oxygen atoms in total. The largest absolute Gasteiger partial charge is 0.320 e. The molecular formula is C24H25N2O2+. The van der Waals surface area contributed by atoms with Crippen LogP contribution < -0.4 is 9.88 Å². The van der Waals surface area contributed by atoms with Crippen molar-refractivity contribution in [1.82, 2.24) is 0 Å². The molecule has 0 bridgehead atoms. The summed E-state index contributed by atoms with van der Waals surface area (Å²) in [5, 5.41) is 3.07. The van der Waals surface area contributed by atoms with E-state index in [2.05, 4.69) is 19.2 Å². The van der Waals surface area contributed by atoms with Gasteiger partial charge in [-0.25, -0.2) is 0 Å². The number of anilines is 1. The van der Waals surface area contributed by atoms with Crippen molar-refractivity contribution in [2.45, 2.75) is 33.2 Å². The molecular weight excluding hydrogens is 348 g/mol. The summed E-state index contributed by atoms with van der Waals surface area (Å²) in [7, 11) is 0. The minimum Gasteiger partial charge on any atom is -0.320 e. The van der Waals surface area contributed by atoms with Crippen LogP contribution in [0.1, 0.15) is 40.9 Å². The van der Waals surface area contributed by atoms with E-state index in [0.29, 0.717) is 11.1 Å². The van der Waals surface area contributed by atoms with Crippen LogP contribution in [0.25, 0.3) is 0 Å². The Morgan fingerprint density at radius 3 is 1.93 bits per heavy atom. The lowest BCUT2D eigenvalue weighted by atomic mass is 10.0. The number of rotatable bonds is 7. The third-order valence-corrected chi connectivity index (χ3v) is 4.78. The Labute approximate surface area is 165 Å². The van der Waals surface area contributed by atoms with E-state index in [0.717, 1.165) is 29.7 Å². The molecule has 0 aliphatic carbocycles. The zero-order valence-electron chi connectivity index (χ0n) is 16.3. The highest BCUT2D eigenvalue weighted by molar-refractivity contribution is 6.08. The van der Waals surface area contributed by atoms with Crippen LogP contribution in [0.4, 0.5) is 5.69 Å². The van der Waals surface area contributed by atoms with Crippen molar-refractivity contribution in [3.05, 3.63) is 95.3 Å². The van der Waals surface area contributed by atoms with Crippen molar-refractivity contribution in [3.63, 3.8) is 0 Å². The van der Waals surface area contributed by atoms with Gasteiger partial charge in [-0.3, -0.25) is 9.59 Å². The second-order valence-electron chi connectivity index (χ2n) is 6.66. The highest BCUT2D eigenvalue weighted by atomic mass is 16.2. The topological polar surface area (TPSA) is 50.1 Å². The minimum atomic E-state index is -0.0808. The molecule has 0 fully saturated rings. The van der Waals surface area contributed by atoms with Crippen LogP contribution in [0.3, 0.4) is 0 Å². The predicted octanol–water partition coefficient (Wildman–Crippen LogP) is 3.97. The zero-order chi connectivity index (χ0) is 19.9. The minimum absolute atomic E-state index is 0.0262. The lowest BCUT2D eigenvalue weighted by Gasteiger charge is -2.13. The molecule has 28 heavy (non-hydrogen) atoms. The number of nitrogens with one attached hydrogen (secondary N) is 1. The molecule has 0 saturated heterocycles. The molecule has 2 aromatic carbocycles. The molecule has 4 heteroatoms. The second kappa shape index (κ2) is 9.09. The number of carbonyl (C=O) groups is 2. The Hall–Kier alpha value is -3.27. The Morgan fingerprint density at radius 2 is 1.36 bits per heavy atom. The number of aromatic nitrogens is 1. The molecule has 0 unspecified atom stereocenters. The number of hydrogen-bond donors (Lipinski definition) is 1. The van der Waals surface area contributed by atoms with Crippen LogP contribution in [0.15, 0.2) is 73.1 Å². The summed E-state index contributed by atoms with van der Waals surface area (Å²) in [6, 6.07) is 18.8. The van der Waals surface area contributed by atoms with Gasteiger partial charge in [-0.15, -0.1) is 0 Å². The molecule has 1 amide bonds. The second-order valence-corrected chi connectivity index (χ2v) is 6.66. The van der Waals surface area contributed by atoms with Gasteiger partial charge in [0.1, 0.15) is 0 Å². The zero-order valence-corrected chi connectivity index (χ0v) is 16.3. The molecule has 0 spiro atoms. The Balaban J connectivity index is 1.70. The van der Waals surface area contributed by atoms with Crippen LogP contribution in [-0.4, -0.2) is 11.7 Å². The third kappa shape index (κ3) is 4.52. The number of aryl methyl sites for hydroxylation is 2. The Kier molecular flexibility index (Phi) is 6.33. The van der Waals surface area contributed by atoms with E-state index in [1.165, 1.54) is 0 Å². The first-order valence-electron chi connectivity index (χ1n) is 9.61. The van der Waals surface area contributed by atoms with E-state index in [-0.39, 0.29) is 18.2 Å². The fraction of sp³-hybridized carbons (Fsp3) is 0.208. The normalized spacial score (nSPS) is 10.5. The lowest BCUT2D eigenvalue weighted by Crippen LogP contribution is -2.40. The van der Waals surface area contributed by atoms with Crippen LogP contribution in [0, 0.1) is 0 Å². The van der Waals surface area contributed by atoms with E-state index in [1.54, 1.807) is 41.2 Å². The molecule has 3 aromatic rings. The average molecular weight is 373 g/mol. The van der Waals surface area contributed by atoms with Crippen LogP contribution in [-0.2, 0) is 24.2 Å². The van der Waals surface area contributed by atoms with Gasteiger partial charge in [-0.1, -0.05) is 62.4 Å². The first-order chi connectivity index (χ1) is 13.6. The molecule has 3 rings (SSSR count). The Bertz CT molecular complexity index is 941. The van der Waals surface area contributed by atoms with E-state index in [9.17, 15) is 9.59 Å². The molecule has 1 aromatic heterocycles. The summed E-state index contributed by atoms with van der Waals surface area (Å²) in [4.78, 5) is 25.0. The number of para-hydroxylation sites is 1. The Morgan fingerprint density at radius 1 is 0.786 bits per heavy atom. The molecule has 0 saturated carbocycles. The summed E-state index contributed by atoms with van der Waals surface area (Å²) in [5.41, 5.74) is 4.46. The van der Waals surface area contributed by atoms with Crippen molar-refractivity contribution in [3.8, 4) is 0 Å². The number of amides is 1. The SMILES string of the molecule is CCc1cccc(CC)c1NC(=O)C[n+]1ccc(C(=O)c2ccccc2)cc1. The molecule has 0 radical (unpaired) electrons. The van der Waals surface area contributed by atoms with Gasteiger partial charge in [-0.05, 0) is 24.0 Å². The maximum absolute atomic E-state index is 12.6. The highest BCUT2D eigenvalue weighted by Crippen LogP contribution is 2.22. The van der Waals surface area contributed by atoms with Crippen molar-refractivity contribution >= 4 is 17.4 Å². The van der Waals surface area contributed by atoms with Gasteiger partial charge in [0.25, 0.3) is 5.91 Å². The summed E-state index contributed by atoms with van der Waals surface area (Å²) >= 11 is 0. The van der Waals surface area contributed by atoms with Crippen LogP contribution in [0.5, 0.6) is 0 Å². The van der Waals surface area contributed by atoms with Crippen molar-refractivity contribution in [2.75, 3.05) is 5.32 Å². The van der Waals surface area contributed by atoms with Crippen LogP contribution >= 0.6 is 0 Å². The first kappa shape index (κ1) is 19.5. The highest BCUT2D eigenvalue weighted by Gasteiger charge is 2.15. The van der Waals surface area contributed by atoms with Gasteiger partial charge in [0, 0.05) is 28.9 Å². The van der Waals surface area contributed by atoms with E-state index >= 15 is 0 Å². The quantitative estimate of drug-likeness (QED) is 0.503. The number of nitrogens with zero attached hydrogens (tertiary/aromatic N) is 1. The lowest BCUT2D eigenvalue weighted by molar-refractivity contribution is -0.684. The maximum atomic E-state index is 12.6. The number of ketones is 1. The molecule has 1 heterocycles. The van der Waals surface area contributed by atoms with Crippen molar-refractivity contribution in [1.29, 1.82) is 0 Å². The van der Waals surface area contributed by atoms with Gasteiger partial charge in [0.15, 0.2) is 18.2 Å². The predicted molar refractivity (Wildman–Crippen MR) is 110 cm³/mol. The fourth-order valence-electron chi connectivity index (χ4n) is 3.22. The number of hydrogen-bond acceptors (Lipinski definition) is 2. The summed E-state index contributed by atoms with van der Waals surface area (Å²) < 4.78 is 1.78. The van der Waals surface area contributed by atoms with E-state index in [1.807, 2.05) is 36.4 Å². The molecule has 142 valence electrons. The summed E-state index contributed by atoms with van der Waals surface area (Å²) in [5.74, 6) is -0.107. The molecule has 0 aliphatic rings. The van der Waals surface area contributed by atoms with Gasteiger partial charge in [-0.2, -0.15) is 4.57 Å². The number of carbonyl (C=O) groups excluding carboxylic acids is 2. The fourth-order valence-corrected chi connectivity index (χ4v) is 3.22. The van der Waals surface area contributed by atoms with Gasteiger partial charge in [0.2, 0.25) is 6.54 Å². The summed E-state index contributed by atoms with van der Waals surface area (Å²) in [6.07, 6.45) is 5.27. The number of benzene rings is 2. The van der Waals surface area contributed by atoms with Crippen molar-refractivity contribution < 1.29 is 14.2 Å². The monoisotopic (exact) mass is 373 g/mol. The molecule has 1 N–H and O–H groups in total. The summed E-state index contributed by atoms with van der Waals surface area (Å²) in [6.45, 7) is 4.37. The number of pyridine rings is 1. The van der Waals surface area contributed by atoms with Gasteiger partial charge in [0.05, 0.1) is 0 Å². The van der Waals surface area contributed by atoms with Gasteiger partial charge < -0.3 is 5.32 Å². The maximum Gasteiger partial charge on any atom is 0.290 e. The average Bonchev–Trinajstić information content (AvgIpc) is 2.74. The van der Waals surface area contributed by atoms with Gasteiger partial charge >= 0.3 is 0 Å². The van der Waals surface area contributed by atoms with E-state index < -0.39 is 0 Å². The smallest absolute Gasteiger partial charge is 0.290 e. The van der Waals surface area contributed by atoms with E-state index in [4.69, 9.17) is 0 Å². The van der Waals surface area contributed by atoms with Crippen LogP contribution in [0.2, 0.25) is 0 Å². The first-order valence-corrected chi connectivity index (χ1v) is 9.61. The molecule has 0 aliphatic heterocycles. The molecule has 0 atom stereocenters. The standard InChI is InChI=1S/C24H24N2O2/c1-3-18-11-8-12-19(4-2)23(18)25-22(27)17-26-15-13-21(14-16-26)24(28)20-9-6-5-7-10-20/h5-16H,3-4,17H2,1-2H3/p+1.